The van der Waals surface area contributed by atoms with Gasteiger partial charge < -0.3 is 4.90 Å². The maximum atomic E-state index is 13.4. The Morgan fingerprint density at radius 1 is 1.29 bits per heavy atom. The number of hydrogen-bond acceptors (Lipinski definition) is 2. The number of carbonyl (C=O) groups is 2. The third kappa shape index (κ3) is 3.06. The van der Waals surface area contributed by atoms with Crippen molar-refractivity contribution in [3.63, 3.8) is 0 Å². The molecule has 0 N–H and O–H groups in total. The van der Waals surface area contributed by atoms with Gasteiger partial charge in [0.25, 0.3) is 11.7 Å². The fourth-order valence-electron chi connectivity index (χ4n) is 2.30. The molecule has 2 rings (SSSR count). The number of alkyl halides is 1. The van der Waals surface area contributed by atoms with Crippen molar-refractivity contribution in [3.05, 3.63) is 28.0 Å². The van der Waals surface area contributed by atoms with E-state index in [2.05, 4.69) is 52.6 Å². The molecule has 1 aromatic carbocycles. The molecule has 0 fully saturated rings. The number of carbonyl (C=O) groups excluding carboxylic acids is 2. The third-order valence-electron chi connectivity index (χ3n) is 3.80. The second kappa shape index (κ2) is 5.80. The summed E-state index contributed by atoms with van der Waals surface area (Å²) in [4.78, 5) is 25.7. The van der Waals surface area contributed by atoms with E-state index in [9.17, 15) is 14.0 Å². The predicted octanol–water partition coefficient (Wildman–Crippen LogP) is 4.17. The summed E-state index contributed by atoms with van der Waals surface area (Å²) in [7, 11) is 0. The van der Waals surface area contributed by atoms with Crippen molar-refractivity contribution in [1.29, 1.82) is 0 Å². The highest BCUT2D eigenvalue weighted by molar-refractivity contribution is 9.10. The van der Waals surface area contributed by atoms with Gasteiger partial charge in [-0.25, -0.2) is 4.39 Å². The van der Waals surface area contributed by atoms with Gasteiger partial charge in [0.2, 0.25) is 0 Å². The molecular weight excluding hydrogens is 405 g/mol. The first-order valence-corrected chi connectivity index (χ1v) is 8.49. The number of halogens is 3. The van der Waals surface area contributed by atoms with Gasteiger partial charge in [-0.2, -0.15) is 0 Å². The highest BCUT2D eigenvalue weighted by atomic mass is 79.9. The molecule has 0 saturated carbocycles. The summed E-state index contributed by atoms with van der Waals surface area (Å²) in [5.74, 6) is -1.60. The molecule has 0 saturated heterocycles. The lowest BCUT2D eigenvalue weighted by molar-refractivity contribution is -0.114. The van der Waals surface area contributed by atoms with Crippen molar-refractivity contribution in [2.24, 2.45) is 11.3 Å². The highest BCUT2D eigenvalue weighted by Crippen LogP contribution is 2.39. The molecule has 0 bridgehead atoms. The minimum absolute atomic E-state index is 0.0257. The standard InChI is InChI=1S/C15H16Br2FNO2/c1-15(2,3)8(6-16)7-19-12-10(13(20)14(19)21)4-9(18)5-11(12)17/h4-5,8H,6-7H2,1-3H3. The van der Waals surface area contributed by atoms with E-state index in [0.29, 0.717) is 22.0 Å². The first kappa shape index (κ1) is 16.6. The van der Waals surface area contributed by atoms with Crippen LogP contribution in [-0.2, 0) is 4.79 Å². The molecule has 6 heteroatoms. The average molecular weight is 421 g/mol. The number of nitrogens with zero attached hydrogens (tertiary/aromatic N) is 1. The van der Waals surface area contributed by atoms with E-state index in [0.717, 1.165) is 6.07 Å². The Morgan fingerprint density at radius 3 is 2.43 bits per heavy atom. The summed E-state index contributed by atoms with van der Waals surface area (Å²) in [6.07, 6.45) is 0. The largest absolute Gasteiger partial charge is 0.303 e. The topological polar surface area (TPSA) is 37.4 Å². The number of benzene rings is 1. The molecule has 1 aliphatic rings. The molecule has 0 spiro atoms. The molecule has 3 nitrogen and oxygen atoms in total. The van der Waals surface area contributed by atoms with Crippen LogP contribution in [0.3, 0.4) is 0 Å². The van der Waals surface area contributed by atoms with Gasteiger partial charge in [-0.3, -0.25) is 9.59 Å². The lowest BCUT2D eigenvalue weighted by Crippen LogP contribution is -2.39. The first-order chi connectivity index (χ1) is 9.66. The number of rotatable bonds is 3. The van der Waals surface area contributed by atoms with Crippen LogP contribution in [-0.4, -0.2) is 23.6 Å². The Hall–Kier alpha value is -0.750. The van der Waals surface area contributed by atoms with Crippen molar-refractivity contribution < 1.29 is 14.0 Å². The normalized spacial score (nSPS) is 16.4. The molecule has 0 radical (unpaired) electrons. The molecule has 1 aliphatic heterocycles. The maximum Gasteiger partial charge on any atom is 0.299 e. The van der Waals surface area contributed by atoms with Crippen LogP contribution in [0.1, 0.15) is 31.1 Å². The average Bonchev–Trinajstić information content (AvgIpc) is 2.59. The van der Waals surface area contributed by atoms with E-state index in [1.807, 2.05) is 0 Å². The van der Waals surface area contributed by atoms with Crippen LogP contribution >= 0.6 is 31.9 Å². The molecule has 1 heterocycles. The van der Waals surface area contributed by atoms with Crippen molar-refractivity contribution in [2.45, 2.75) is 20.8 Å². The molecule has 0 aromatic heterocycles. The third-order valence-corrected chi connectivity index (χ3v) is 5.18. The van der Waals surface area contributed by atoms with E-state index in [1.54, 1.807) is 0 Å². The Morgan fingerprint density at radius 2 is 1.90 bits per heavy atom. The van der Waals surface area contributed by atoms with Crippen molar-refractivity contribution in [2.75, 3.05) is 16.8 Å². The SMILES string of the molecule is CC(C)(C)C(CBr)CN1C(=O)C(=O)c2cc(F)cc(Br)c21. The van der Waals surface area contributed by atoms with E-state index in [1.165, 1.54) is 11.0 Å². The van der Waals surface area contributed by atoms with Gasteiger partial charge in [0.05, 0.1) is 11.3 Å². The molecule has 1 atom stereocenters. The fourth-order valence-corrected chi connectivity index (χ4v) is 4.12. The number of hydrogen-bond donors (Lipinski definition) is 0. The zero-order valence-corrected chi connectivity index (χ0v) is 15.2. The van der Waals surface area contributed by atoms with Crippen LogP contribution in [0.15, 0.2) is 16.6 Å². The van der Waals surface area contributed by atoms with Gasteiger partial charge in [0, 0.05) is 16.3 Å². The second-order valence-corrected chi connectivity index (χ2v) is 7.75. The Bertz CT molecular complexity index is 610. The summed E-state index contributed by atoms with van der Waals surface area (Å²) in [5.41, 5.74) is 0.581. The van der Waals surface area contributed by atoms with Crippen LogP contribution in [0.2, 0.25) is 0 Å². The lowest BCUT2D eigenvalue weighted by atomic mass is 9.82. The molecule has 21 heavy (non-hydrogen) atoms. The minimum atomic E-state index is -0.646. The fraction of sp³-hybridized carbons (Fsp3) is 0.467. The molecule has 0 aliphatic carbocycles. The molecule has 1 unspecified atom stereocenters. The van der Waals surface area contributed by atoms with Crippen LogP contribution in [0.4, 0.5) is 10.1 Å². The van der Waals surface area contributed by atoms with E-state index < -0.39 is 17.5 Å². The predicted molar refractivity (Wildman–Crippen MR) is 87.5 cm³/mol. The van der Waals surface area contributed by atoms with Crippen LogP contribution in [0, 0.1) is 17.2 Å². The van der Waals surface area contributed by atoms with E-state index >= 15 is 0 Å². The summed E-state index contributed by atoms with van der Waals surface area (Å²) >= 11 is 6.73. The number of fused-ring (bicyclic) bond motifs is 1. The van der Waals surface area contributed by atoms with Crippen LogP contribution < -0.4 is 4.90 Å². The molecular formula is C15H16Br2FNO2. The van der Waals surface area contributed by atoms with Crippen molar-refractivity contribution in [3.8, 4) is 0 Å². The maximum absolute atomic E-state index is 13.4. The molecule has 1 aromatic rings. The first-order valence-electron chi connectivity index (χ1n) is 6.58. The van der Waals surface area contributed by atoms with Crippen molar-refractivity contribution >= 4 is 49.2 Å². The van der Waals surface area contributed by atoms with Gasteiger partial charge in [0.1, 0.15) is 5.82 Å². The van der Waals surface area contributed by atoms with Gasteiger partial charge in [-0.1, -0.05) is 36.7 Å². The van der Waals surface area contributed by atoms with Crippen LogP contribution in [0.5, 0.6) is 0 Å². The number of anilines is 1. The number of amides is 1. The summed E-state index contributed by atoms with van der Waals surface area (Å²) in [5, 5.41) is 0.711. The van der Waals surface area contributed by atoms with Crippen LogP contribution in [0.25, 0.3) is 0 Å². The Kier molecular flexibility index (Phi) is 4.59. The summed E-state index contributed by atoms with van der Waals surface area (Å²) in [6, 6.07) is 2.40. The lowest BCUT2D eigenvalue weighted by Gasteiger charge is -2.32. The summed E-state index contributed by atoms with van der Waals surface area (Å²) < 4.78 is 13.9. The van der Waals surface area contributed by atoms with Gasteiger partial charge in [-0.05, 0) is 39.4 Å². The Labute approximate surface area is 140 Å². The Balaban J connectivity index is 2.44. The monoisotopic (exact) mass is 419 g/mol. The van der Waals surface area contributed by atoms with Gasteiger partial charge >= 0.3 is 0 Å². The molecule has 114 valence electrons. The van der Waals surface area contributed by atoms with Gasteiger partial charge in [-0.15, -0.1) is 0 Å². The smallest absolute Gasteiger partial charge is 0.299 e. The van der Waals surface area contributed by atoms with Gasteiger partial charge in [0.15, 0.2) is 0 Å². The summed E-state index contributed by atoms with van der Waals surface area (Å²) in [6.45, 7) is 6.67. The number of Topliss-reactive ketones (excluding diaryl/α,β-unsaturated/α-hetero) is 1. The van der Waals surface area contributed by atoms with E-state index in [-0.39, 0.29) is 16.9 Å². The number of ketones is 1. The quantitative estimate of drug-likeness (QED) is 0.543. The van der Waals surface area contributed by atoms with E-state index in [4.69, 9.17) is 0 Å². The minimum Gasteiger partial charge on any atom is -0.303 e. The highest BCUT2D eigenvalue weighted by Gasteiger charge is 2.40. The van der Waals surface area contributed by atoms with Crippen molar-refractivity contribution in [1.82, 2.24) is 0 Å². The zero-order chi connectivity index (χ0) is 15.9. The second-order valence-electron chi connectivity index (χ2n) is 6.25. The zero-order valence-electron chi connectivity index (χ0n) is 12.0. The molecule has 1 amide bonds.